The molecule has 0 fully saturated rings. The topological polar surface area (TPSA) is 91.0 Å². The molecule has 1 aromatic heterocycles. The number of aromatic nitrogens is 1. The van der Waals surface area contributed by atoms with Crippen molar-refractivity contribution in [1.29, 1.82) is 5.26 Å². The first-order valence-electron chi connectivity index (χ1n) is 5.10. The first-order chi connectivity index (χ1) is 8.72. The van der Waals surface area contributed by atoms with Crippen LogP contribution in [0.15, 0.2) is 28.7 Å². The first-order valence-corrected chi connectivity index (χ1v) is 5.10. The van der Waals surface area contributed by atoms with Gasteiger partial charge in [-0.3, -0.25) is 0 Å². The zero-order valence-corrected chi connectivity index (χ0v) is 15.4. The number of rotatable bonds is 4. The van der Waals surface area contributed by atoms with E-state index in [4.69, 9.17) is 9.68 Å². The summed E-state index contributed by atoms with van der Waals surface area (Å²) < 4.78 is 5.26. The fourth-order valence-electron chi connectivity index (χ4n) is 1.41. The van der Waals surface area contributed by atoms with E-state index < -0.39 is 0 Å². The first kappa shape index (κ1) is 16.1. The number of nitrogens with one attached hydrogen (secondary N) is 2. The molecule has 0 spiro atoms. The molecule has 2 N–H and O–H groups in total. The van der Waals surface area contributed by atoms with Gasteiger partial charge in [-0.1, -0.05) is 12.1 Å². The average Bonchev–Trinajstić information content (AvgIpc) is 2.72. The molecule has 6 nitrogen and oxygen atoms in total. The van der Waals surface area contributed by atoms with Crippen molar-refractivity contribution in [3.63, 3.8) is 0 Å². The number of nitrogens with zero attached hydrogens (tertiary/aromatic N) is 2. The van der Waals surface area contributed by atoms with Gasteiger partial charge in [0.15, 0.2) is 5.89 Å². The van der Waals surface area contributed by atoms with E-state index in [9.17, 15) is 4.79 Å². The fraction of sp³-hybridized carbons (Fsp3) is 0.0833. The van der Waals surface area contributed by atoms with Crippen LogP contribution in [0.1, 0.15) is 11.6 Å². The van der Waals surface area contributed by atoms with Gasteiger partial charge in [0, 0.05) is 12.6 Å². The Hall–Kier alpha value is -1.00. The van der Waals surface area contributed by atoms with E-state index in [1.165, 1.54) is 0 Å². The molecule has 0 aliphatic heterocycles. The van der Waals surface area contributed by atoms with E-state index in [0.717, 1.165) is 5.69 Å². The standard InChI is InChI=1S/C12H9N4O2.Rb/c1-8-15-11(6-13)12(18-8)16-10-4-2-9(3-5-10)14-7-17;/h2-5,16H,1H3,(H,14,17);/q-1;+1. The molecule has 0 atom stereocenters. The molecule has 0 unspecified atom stereocenters. The summed E-state index contributed by atoms with van der Waals surface area (Å²) in [6.45, 7) is 1.67. The van der Waals surface area contributed by atoms with E-state index >= 15 is 0 Å². The Balaban J connectivity index is 0.00000180. The van der Waals surface area contributed by atoms with Crippen LogP contribution in [-0.2, 0) is 4.79 Å². The molecule has 0 aliphatic rings. The zero-order chi connectivity index (χ0) is 13.0. The fourth-order valence-corrected chi connectivity index (χ4v) is 1.41. The molecule has 0 bridgehead atoms. The second kappa shape index (κ2) is 7.55. The van der Waals surface area contributed by atoms with Gasteiger partial charge in [-0.25, -0.2) is 4.98 Å². The van der Waals surface area contributed by atoms with Crippen LogP contribution < -0.4 is 68.8 Å². The van der Waals surface area contributed by atoms with Crippen LogP contribution in [0.4, 0.5) is 17.3 Å². The van der Waals surface area contributed by atoms with Crippen molar-refractivity contribution >= 4 is 23.7 Å². The smallest absolute Gasteiger partial charge is 0.490 e. The predicted molar refractivity (Wildman–Crippen MR) is 65.0 cm³/mol. The van der Waals surface area contributed by atoms with E-state index in [1.807, 2.05) is 6.07 Å². The van der Waals surface area contributed by atoms with Gasteiger partial charge in [0.05, 0.1) is 6.41 Å². The Labute approximate surface area is 159 Å². The number of carbonyl (C=O) groups excluding carboxylic acids is 1. The summed E-state index contributed by atoms with van der Waals surface area (Å²) in [4.78, 5) is 14.0. The third-order valence-electron chi connectivity index (χ3n) is 2.18. The molecule has 0 radical (unpaired) electrons. The SMILES string of the molecule is Cc1nc(C#N)c(Nc2ccc(N[C-]=O)cc2)o1.[Rb+]. The number of nitriles is 1. The molecule has 1 aromatic carbocycles. The summed E-state index contributed by atoms with van der Waals surface area (Å²) in [7, 11) is 0. The predicted octanol–water partition coefficient (Wildman–Crippen LogP) is -0.919. The maximum Gasteiger partial charge on any atom is 1.00 e. The van der Waals surface area contributed by atoms with Crippen molar-refractivity contribution in [2.24, 2.45) is 0 Å². The summed E-state index contributed by atoms with van der Waals surface area (Å²) in [6.07, 6.45) is 1.58. The Morgan fingerprint density at radius 2 is 1.95 bits per heavy atom. The Morgan fingerprint density at radius 1 is 1.32 bits per heavy atom. The van der Waals surface area contributed by atoms with E-state index in [2.05, 4.69) is 15.6 Å². The van der Waals surface area contributed by atoms with Crippen molar-refractivity contribution in [1.82, 2.24) is 4.98 Å². The summed E-state index contributed by atoms with van der Waals surface area (Å²) >= 11 is 0. The summed E-state index contributed by atoms with van der Waals surface area (Å²) in [5, 5.41) is 14.2. The molecule has 7 heteroatoms. The van der Waals surface area contributed by atoms with Crippen molar-refractivity contribution in [3.05, 3.63) is 35.9 Å². The van der Waals surface area contributed by atoms with Crippen LogP contribution in [0.5, 0.6) is 0 Å². The van der Waals surface area contributed by atoms with Crippen molar-refractivity contribution < 1.29 is 67.4 Å². The molecular formula is C12H9N4O2Rb. The Bertz CT molecular complexity index is 601. The van der Waals surface area contributed by atoms with Crippen molar-refractivity contribution in [2.45, 2.75) is 6.92 Å². The van der Waals surface area contributed by atoms with Gasteiger partial charge < -0.3 is 19.8 Å². The Morgan fingerprint density at radius 3 is 2.53 bits per heavy atom. The summed E-state index contributed by atoms with van der Waals surface area (Å²) in [5.41, 5.74) is 1.56. The average molecular weight is 327 g/mol. The second-order valence-corrected chi connectivity index (χ2v) is 3.45. The monoisotopic (exact) mass is 326 g/mol. The van der Waals surface area contributed by atoms with Gasteiger partial charge in [0.2, 0.25) is 11.6 Å². The van der Waals surface area contributed by atoms with Gasteiger partial charge >= 0.3 is 58.2 Å². The summed E-state index contributed by atoms with van der Waals surface area (Å²) in [6, 6.07) is 8.80. The quantitative estimate of drug-likeness (QED) is 0.560. The molecule has 0 aliphatic carbocycles. The minimum atomic E-state index is 0. The number of amides is 1. The molecule has 1 heterocycles. The second-order valence-electron chi connectivity index (χ2n) is 3.45. The van der Waals surface area contributed by atoms with E-state index in [-0.39, 0.29) is 63.9 Å². The molecule has 0 saturated carbocycles. The van der Waals surface area contributed by atoms with Gasteiger partial charge in [-0.2, -0.15) is 5.26 Å². The summed E-state index contributed by atoms with van der Waals surface area (Å²) in [5.74, 6) is 0.723. The Kier molecular flexibility index (Phi) is 6.38. The zero-order valence-electron chi connectivity index (χ0n) is 10.5. The van der Waals surface area contributed by atoms with Crippen molar-refractivity contribution in [3.8, 4) is 6.07 Å². The third-order valence-corrected chi connectivity index (χ3v) is 2.18. The number of anilines is 3. The van der Waals surface area contributed by atoms with Crippen LogP contribution in [0.2, 0.25) is 0 Å². The molecule has 0 saturated heterocycles. The van der Waals surface area contributed by atoms with Gasteiger partial charge in [0.1, 0.15) is 6.07 Å². The maximum absolute atomic E-state index is 10.1. The minimum absolute atomic E-state index is 0. The molecule has 1 amide bonds. The molecule has 2 aromatic rings. The minimum Gasteiger partial charge on any atom is -0.490 e. The van der Waals surface area contributed by atoms with Crippen molar-refractivity contribution in [2.75, 3.05) is 10.6 Å². The van der Waals surface area contributed by atoms with Crippen LogP contribution >= 0.6 is 0 Å². The maximum atomic E-state index is 10.1. The number of benzene rings is 1. The van der Waals surface area contributed by atoms with E-state index in [1.54, 1.807) is 37.6 Å². The largest absolute Gasteiger partial charge is 1.00 e. The van der Waals surface area contributed by atoms with Crippen LogP contribution in [0.3, 0.4) is 0 Å². The third kappa shape index (κ3) is 4.25. The number of aryl methyl sites for hydroxylation is 1. The van der Waals surface area contributed by atoms with Gasteiger partial charge in [-0.05, 0) is 0 Å². The van der Waals surface area contributed by atoms with E-state index in [0.29, 0.717) is 17.5 Å². The van der Waals surface area contributed by atoms with Crippen LogP contribution in [0, 0.1) is 18.3 Å². The molecule has 19 heavy (non-hydrogen) atoms. The van der Waals surface area contributed by atoms with Gasteiger partial charge in [0.25, 0.3) is 0 Å². The molecule has 90 valence electrons. The number of hydrogen-bond donors (Lipinski definition) is 2. The number of hydrogen-bond acceptors (Lipinski definition) is 5. The molecular weight excluding hydrogens is 318 g/mol. The number of oxazole rings is 1. The molecule has 2 rings (SSSR count). The van der Waals surface area contributed by atoms with Crippen LogP contribution in [0.25, 0.3) is 0 Å². The van der Waals surface area contributed by atoms with Gasteiger partial charge in [-0.15, -0.1) is 17.8 Å². The normalized spacial score (nSPS) is 9.05. The van der Waals surface area contributed by atoms with Crippen LogP contribution in [-0.4, -0.2) is 11.4 Å².